The minimum Gasteiger partial charge on any atom is -0.320 e. The highest BCUT2D eigenvalue weighted by Crippen LogP contribution is 2.36. The van der Waals surface area contributed by atoms with Crippen molar-refractivity contribution < 1.29 is 0 Å². The molecule has 1 aliphatic carbocycles. The highest BCUT2D eigenvalue weighted by atomic mass is 35.5. The van der Waals surface area contributed by atoms with Crippen molar-refractivity contribution in [3.63, 3.8) is 0 Å². The molecule has 0 bridgehead atoms. The van der Waals surface area contributed by atoms with Crippen LogP contribution in [0.15, 0.2) is 18.2 Å². The van der Waals surface area contributed by atoms with Crippen LogP contribution in [0, 0.1) is 0 Å². The molecule has 82 valence electrons. The van der Waals surface area contributed by atoms with Gasteiger partial charge in [0.1, 0.15) is 0 Å². The highest BCUT2D eigenvalue weighted by molar-refractivity contribution is 6.31. The second-order valence-corrected chi connectivity index (χ2v) is 4.70. The molecule has 1 unspecified atom stereocenters. The van der Waals surface area contributed by atoms with E-state index < -0.39 is 0 Å². The number of fused-ring (bicyclic) bond motifs is 1. The van der Waals surface area contributed by atoms with Gasteiger partial charge in [0, 0.05) is 5.02 Å². The average Bonchev–Trinajstić information content (AvgIpc) is 2.27. The third-order valence-electron chi connectivity index (χ3n) is 3.32. The van der Waals surface area contributed by atoms with E-state index in [9.17, 15) is 0 Å². The molecule has 1 aromatic rings. The summed E-state index contributed by atoms with van der Waals surface area (Å²) in [5.41, 5.74) is 2.88. The fourth-order valence-corrected chi connectivity index (χ4v) is 2.80. The molecule has 0 spiro atoms. The van der Waals surface area contributed by atoms with Crippen LogP contribution in [0.4, 0.5) is 0 Å². The Hall–Kier alpha value is -0.530. The van der Waals surface area contributed by atoms with Gasteiger partial charge in [-0.3, -0.25) is 0 Å². The van der Waals surface area contributed by atoms with E-state index in [0.717, 1.165) is 18.0 Å². The number of halogens is 1. The van der Waals surface area contributed by atoms with Gasteiger partial charge in [-0.2, -0.15) is 0 Å². The minimum absolute atomic E-state index is 0.708. The van der Waals surface area contributed by atoms with Crippen LogP contribution in [-0.4, -0.2) is 13.6 Å². The lowest BCUT2D eigenvalue weighted by molar-refractivity contribution is 0.510. The van der Waals surface area contributed by atoms with E-state index >= 15 is 0 Å². The molecule has 2 heteroatoms. The molecule has 0 radical (unpaired) electrons. The van der Waals surface area contributed by atoms with Crippen LogP contribution >= 0.6 is 11.6 Å². The largest absolute Gasteiger partial charge is 0.320 e. The summed E-state index contributed by atoms with van der Waals surface area (Å²) in [6.45, 7) is 1.09. The Morgan fingerprint density at radius 3 is 3.13 bits per heavy atom. The molecule has 2 rings (SSSR count). The lowest BCUT2D eigenvalue weighted by atomic mass is 9.81. The van der Waals surface area contributed by atoms with E-state index in [0.29, 0.717) is 5.92 Å². The van der Waals surface area contributed by atoms with Crippen LogP contribution < -0.4 is 5.32 Å². The first-order chi connectivity index (χ1) is 7.33. The molecular formula is C13H18ClN. The van der Waals surface area contributed by atoms with Crippen LogP contribution in [0.1, 0.15) is 36.3 Å². The van der Waals surface area contributed by atoms with Gasteiger partial charge < -0.3 is 5.32 Å². The van der Waals surface area contributed by atoms with Crippen molar-refractivity contribution in [3.05, 3.63) is 34.3 Å². The van der Waals surface area contributed by atoms with Crippen LogP contribution in [0.5, 0.6) is 0 Å². The Kier molecular flexibility index (Phi) is 3.66. The van der Waals surface area contributed by atoms with Gasteiger partial charge in [-0.05, 0) is 62.4 Å². The Morgan fingerprint density at radius 2 is 2.33 bits per heavy atom. The normalized spacial score (nSPS) is 20.0. The van der Waals surface area contributed by atoms with Gasteiger partial charge in [-0.25, -0.2) is 0 Å². The van der Waals surface area contributed by atoms with Crippen molar-refractivity contribution in [1.29, 1.82) is 0 Å². The minimum atomic E-state index is 0.708. The second kappa shape index (κ2) is 5.00. The summed E-state index contributed by atoms with van der Waals surface area (Å²) in [6.07, 6.45) is 4.98. The van der Waals surface area contributed by atoms with Crippen LogP contribution in [0.25, 0.3) is 0 Å². The van der Waals surface area contributed by atoms with Gasteiger partial charge in [-0.1, -0.05) is 23.7 Å². The van der Waals surface area contributed by atoms with E-state index in [1.165, 1.54) is 30.4 Å². The molecule has 0 heterocycles. The Morgan fingerprint density at radius 1 is 1.47 bits per heavy atom. The standard InChI is InChI=1S/C13H18ClN/c1-15-9-8-10-4-2-6-12-11(10)5-3-7-13(12)14/h3,5,7,10,15H,2,4,6,8-9H2,1H3. The first kappa shape index (κ1) is 11.0. The first-order valence-electron chi connectivity index (χ1n) is 5.75. The molecule has 0 aromatic heterocycles. The molecule has 1 nitrogen and oxygen atoms in total. The van der Waals surface area contributed by atoms with Crippen LogP contribution in [-0.2, 0) is 6.42 Å². The lowest BCUT2D eigenvalue weighted by Gasteiger charge is -2.26. The van der Waals surface area contributed by atoms with Crippen molar-refractivity contribution in [2.24, 2.45) is 0 Å². The average molecular weight is 224 g/mol. The second-order valence-electron chi connectivity index (χ2n) is 4.29. The molecular weight excluding hydrogens is 206 g/mol. The van der Waals surface area contributed by atoms with Gasteiger partial charge in [0.25, 0.3) is 0 Å². The quantitative estimate of drug-likeness (QED) is 0.829. The van der Waals surface area contributed by atoms with Crippen molar-refractivity contribution >= 4 is 11.6 Å². The summed E-state index contributed by atoms with van der Waals surface area (Å²) in [7, 11) is 2.02. The maximum Gasteiger partial charge on any atom is 0.0440 e. The van der Waals surface area contributed by atoms with E-state index in [2.05, 4.69) is 17.4 Å². The SMILES string of the molecule is CNCCC1CCCc2c(Cl)cccc21. The van der Waals surface area contributed by atoms with Gasteiger partial charge in [0.05, 0.1) is 0 Å². The lowest BCUT2D eigenvalue weighted by Crippen LogP contribution is -2.16. The van der Waals surface area contributed by atoms with E-state index in [4.69, 9.17) is 11.6 Å². The molecule has 0 saturated carbocycles. The zero-order chi connectivity index (χ0) is 10.7. The monoisotopic (exact) mass is 223 g/mol. The van der Waals surface area contributed by atoms with E-state index in [1.807, 2.05) is 13.1 Å². The summed E-state index contributed by atoms with van der Waals surface area (Å²) in [6, 6.07) is 6.35. The van der Waals surface area contributed by atoms with Crippen molar-refractivity contribution in [2.45, 2.75) is 31.6 Å². The van der Waals surface area contributed by atoms with Crippen molar-refractivity contribution in [3.8, 4) is 0 Å². The number of hydrogen-bond acceptors (Lipinski definition) is 1. The molecule has 1 aliphatic rings. The van der Waals surface area contributed by atoms with Gasteiger partial charge in [0.2, 0.25) is 0 Å². The molecule has 1 N–H and O–H groups in total. The fraction of sp³-hybridized carbons (Fsp3) is 0.538. The summed E-state index contributed by atoms with van der Waals surface area (Å²) in [5, 5.41) is 4.19. The summed E-state index contributed by atoms with van der Waals surface area (Å²) in [5.74, 6) is 0.708. The molecule has 0 amide bonds. The maximum atomic E-state index is 6.23. The predicted octanol–water partition coefficient (Wildman–Crippen LogP) is 3.37. The Labute approximate surface area is 96.8 Å². The number of benzene rings is 1. The number of rotatable bonds is 3. The summed E-state index contributed by atoms with van der Waals surface area (Å²) >= 11 is 6.23. The van der Waals surface area contributed by atoms with Crippen LogP contribution in [0.2, 0.25) is 5.02 Å². The van der Waals surface area contributed by atoms with Crippen LogP contribution in [0.3, 0.4) is 0 Å². The van der Waals surface area contributed by atoms with Crippen molar-refractivity contribution in [1.82, 2.24) is 5.32 Å². The van der Waals surface area contributed by atoms with E-state index in [1.54, 1.807) is 0 Å². The molecule has 0 aliphatic heterocycles. The summed E-state index contributed by atoms with van der Waals surface area (Å²) < 4.78 is 0. The maximum absolute atomic E-state index is 6.23. The smallest absolute Gasteiger partial charge is 0.0440 e. The molecule has 15 heavy (non-hydrogen) atoms. The van der Waals surface area contributed by atoms with Crippen molar-refractivity contribution in [2.75, 3.05) is 13.6 Å². The van der Waals surface area contributed by atoms with Gasteiger partial charge in [0.15, 0.2) is 0 Å². The molecule has 1 aromatic carbocycles. The Balaban J connectivity index is 2.22. The summed E-state index contributed by atoms with van der Waals surface area (Å²) in [4.78, 5) is 0. The third kappa shape index (κ3) is 2.35. The third-order valence-corrected chi connectivity index (χ3v) is 3.67. The predicted molar refractivity (Wildman–Crippen MR) is 65.7 cm³/mol. The first-order valence-corrected chi connectivity index (χ1v) is 6.12. The molecule has 0 fully saturated rings. The fourth-order valence-electron chi connectivity index (χ4n) is 2.52. The zero-order valence-corrected chi connectivity index (χ0v) is 9.98. The van der Waals surface area contributed by atoms with Gasteiger partial charge >= 0.3 is 0 Å². The van der Waals surface area contributed by atoms with E-state index in [-0.39, 0.29) is 0 Å². The number of hydrogen-bond donors (Lipinski definition) is 1. The topological polar surface area (TPSA) is 12.0 Å². The highest BCUT2D eigenvalue weighted by Gasteiger charge is 2.20. The zero-order valence-electron chi connectivity index (χ0n) is 9.22. The molecule has 0 saturated heterocycles. The Bertz CT molecular complexity index is 335. The molecule has 1 atom stereocenters. The van der Waals surface area contributed by atoms with Gasteiger partial charge in [-0.15, -0.1) is 0 Å². The number of nitrogens with one attached hydrogen (secondary N) is 1.